The van der Waals surface area contributed by atoms with Crippen molar-refractivity contribution in [2.24, 2.45) is 0 Å². The second-order valence-electron chi connectivity index (χ2n) is 5.64. The lowest BCUT2D eigenvalue weighted by Gasteiger charge is -2.18. The molecule has 0 saturated heterocycles. The predicted molar refractivity (Wildman–Crippen MR) is 101 cm³/mol. The normalized spacial score (nSPS) is 12.0. The SMILES string of the molecule is CC[C@@H](Oc1ccc2ccccc2c1)C(=O)Nc1ccc(Br)cc1F. The highest BCUT2D eigenvalue weighted by Crippen LogP contribution is 2.23. The Kier molecular flexibility index (Phi) is 5.34. The standard InChI is InChI=1S/C20H17BrFNO2/c1-2-19(20(24)23-18-10-8-15(21)12-17(18)22)25-16-9-7-13-5-3-4-6-14(13)11-16/h3-12,19H,2H2,1H3,(H,23,24)/t19-/m1/s1. The van der Waals surface area contributed by atoms with Crippen LogP contribution in [-0.4, -0.2) is 12.0 Å². The number of ether oxygens (including phenoxy) is 1. The Morgan fingerprint density at radius 3 is 2.60 bits per heavy atom. The molecule has 0 fully saturated rings. The maximum atomic E-state index is 13.9. The van der Waals surface area contributed by atoms with Crippen LogP contribution in [0.1, 0.15) is 13.3 Å². The van der Waals surface area contributed by atoms with E-state index in [2.05, 4.69) is 21.2 Å². The Hall–Kier alpha value is -2.40. The smallest absolute Gasteiger partial charge is 0.265 e. The number of rotatable bonds is 5. The first-order valence-corrected chi connectivity index (χ1v) is 8.77. The highest BCUT2D eigenvalue weighted by molar-refractivity contribution is 9.10. The van der Waals surface area contributed by atoms with Crippen LogP contribution in [0.25, 0.3) is 10.8 Å². The Bertz CT molecular complexity index is 913. The van der Waals surface area contributed by atoms with E-state index in [0.29, 0.717) is 16.6 Å². The third kappa shape index (κ3) is 4.17. The molecule has 0 aliphatic rings. The van der Waals surface area contributed by atoms with Crippen LogP contribution in [0.5, 0.6) is 5.75 Å². The number of hydrogen-bond acceptors (Lipinski definition) is 2. The lowest BCUT2D eigenvalue weighted by Crippen LogP contribution is -2.32. The third-order valence-corrected chi connectivity index (χ3v) is 4.34. The molecule has 1 atom stereocenters. The van der Waals surface area contributed by atoms with Crippen LogP contribution in [0.3, 0.4) is 0 Å². The fourth-order valence-corrected chi connectivity index (χ4v) is 2.86. The van der Waals surface area contributed by atoms with Gasteiger partial charge < -0.3 is 10.1 Å². The third-order valence-electron chi connectivity index (χ3n) is 3.85. The molecule has 25 heavy (non-hydrogen) atoms. The Morgan fingerprint density at radius 2 is 1.88 bits per heavy atom. The van der Waals surface area contributed by atoms with Crippen molar-refractivity contribution in [3.63, 3.8) is 0 Å². The van der Waals surface area contributed by atoms with Crippen LogP contribution in [0.4, 0.5) is 10.1 Å². The molecule has 0 bridgehead atoms. The maximum Gasteiger partial charge on any atom is 0.265 e. The van der Waals surface area contributed by atoms with E-state index in [0.717, 1.165) is 10.8 Å². The molecule has 3 aromatic rings. The highest BCUT2D eigenvalue weighted by Gasteiger charge is 2.20. The summed E-state index contributed by atoms with van der Waals surface area (Å²) in [6.45, 7) is 1.85. The van der Waals surface area contributed by atoms with Crippen LogP contribution < -0.4 is 10.1 Å². The average Bonchev–Trinajstić information content (AvgIpc) is 2.61. The molecular weight excluding hydrogens is 385 g/mol. The molecule has 0 saturated carbocycles. The van der Waals surface area contributed by atoms with E-state index >= 15 is 0 Å². The summed E-state index contributed by atoms with van der Waals surface area (Å²) in [5.74, 6) is -0.267. The quantitative estimate of drug-likeness (QED) is 0.609. The largest absolute Gasteiger partial charge is 0.481 e. The van der Waals surface area contributed by atoms with Gasteiger partial charge in [-0.15, -0.1) is 0 Å². The Balaban J connectivity index is 1.75. The number of fused-ring (bicyclic) bond motifs is 1. The molecule has 5 heteroatoms. The number of hydrogen-bond donors (Lipinski definition) is 1. The van der Waals surface area contributed by atoms with Gasteiger partial charge in [0.25, 0.3) is 5.91 Å². The van der Waals surface area contributed by atoms with Crippen LogP contribution in [0, 0.1) is 5.82 Å². The first-order valence-electron chi connectivity index (χ1n) is 7.98. The zero-order valence-electron chi connectivity index (χ0n) is 13.6. The fraction of sp³-hybridized carbons (Fsp3) is 0.150. The van der Waals surface area contributed by atoms with Crippen LogP contribution in [0.2, 0.25) is 0 Å². The van der Waals surface area contributed by atoms with Crippen molar-refractivity contribution in [1.82, 2.24) is 0 Å². The first-order chi connectivity index (χ1) is 12.1. The lowest BCUT2D eigenvalue weighted by atomic mass is 10.1. The van der Waals surface area contributed by atoms with Gasteiger partial charge in [-0.1, -0.05) is 53.2 Å². The molecule has 0 unspecified atom stereocenters. The number of nitrogens with one attached hydrogen (secondary N) is 1. The summed E-state index contributed by atoms with van der Waals surface area (Å²) >= 11 is 3.19. The minimum Gasteiger partial charge on any atom is -0.481 e. The molecule has 1 N–H and O–H groups in total. The van der Waals surface area contributed by atoms with E-state index in [1.165, 1.54) is 12.1 Å². The molecule has 0 radical (unpaired) electrons. The van der Waals surface area contributed by atoms with Gasteiger partial charge in [-0.3, -0.25) is 4.79 Å². The maximum absolute atomic E-state index is 13.9. The van der Waals surface area contributed by atoms with Gasteiger partial charge >= 0.3 is 0 Å². The van der Waals surface area contributed by atoms with Crippen molar-refractivity contribution in [3.8, 4) is 5.75 Å². The zero-order valence-corrected chi connectivity index (χ0v) is 15.2. The van der Waals surface area contributed by atoms with Gasteiger partial charge in [0.1, 0.15) is 11.6 Å². The van der Waals surface area contributed by atoms with E-state index < -0.39 is 11.9 Å². The molecule has 128 valence electrons. The summed E-state index contributed by atoms with van der Waals surface area (Å²) in [7, 11) is 0. The number of carbonyl (C=O) groups excluding carboxylic acids is 1. The number of benzene rings is 3. The van der Waals surface area contributed by atoms with Gasteiger partial charge in [0.2, 0.25) is 0 Å². The highest BCUT2D eigenvalue weighted by atomic mass is 79.9. The first kappa shape index (κ1) is 17.4. The fourth-order valence-electron chi connectivity index (χ4n) is 2.53. The predicted octanol–water partition coefficient (Wildman–Crippen LogP) is 5.54. The summed E-state index contributed by atoms with van der Waals surface area (Å²) in [4.78, 5) is 12.4. The summed E-state index contributed by atoms with van der Waals surface area (Å²) in [6, 6.07) is 18.1. The van der Waals surface area contributed by atoms with Crippen molar-refractivity contribution in [2.75, 3.05) is 5.32 Å². The van der Waals surface area contributed by atoms with Crippen molar-refractivity contribution < 1.29 is 13.9 Å². The van der Waals surface area contributed by atoms with Crippen molar-refractivity contribution >= 4 is 38.3 Å². The summed E-state index contributed by atoms with van der Waals surface area (Å²) in [5.41, 5.74) is 0.133. The summed E-state index contributed by atoms with van der Waals surface area (Å²) < 4.78 is 20.3. The number of amides is 1. The monoisotopic (exact) mass is 401 g/mol. The molecule has 0 aliphatic carbocycles. The van der Waals surface area contributed by atoms with Crippen molar-refractivity contribution in [2.45, 2.75) is 19.4 Å². The number of carbonyl (C=O) groups is 1. The summed E-state index contributed by atoms with van der Waals surface area (Å²) in [5, 5.41) is 4.72. The summed E-state index contributed by atoms with van der Waals surface area (Å²) in [6.07, 6.45) is -0.235. The van der Waals surface area contributed by atoms with Crippen molar-refractivity contribution in [1.29, 1.82) is 0 Å². The van der Waals surface area contributed by atoms with E-state index in [-0.39, 0.29) is 11.6 Å². The van der Waals surface area contributed by atoms with Gasteiger partial charge in [-0.2, -0.15) is 0 Å². The minimum absolute atomic E-state index is 0.133. The Morgan fingerprint density at radius 1 is 1.12 bits per heavy atom. The van der Waals surface area contributed by atoms with Gasteiger partial charge in [0.05, 0.1) is 5.69 Å². The van der Waals surface area contributed by atoms with E-state index in [4.69, 9.17) is 4.74 Å². The molecule has 3 nitrogen and oxygen atoms in total. The van der Waals surface area contributed by atoms with E-state index in [9.17, 15) is 9.18 Å². The van der Waals surface area contributed by atoms with Crippen LogP contribution >= 0.6 is 15.9 Å². The van der Waals surface area contributed by atoms with Gasteiger partial charge in [-0.25, -0.2) is 4.39 Å². The molecular formula is C20H17BrFNO2. The molecule has 0 heterocycles. The minimum atomic E-state index is -0.704. The topological polar surface area (TPSA) is 38.3 Å². The van der Waals surface area contributed by atoms with E-state index in [1.807, 2.05) is 49.4 Å². The Labute approximate surface area is 153 Å². The molecule has 1 amide bonds. The van der Waals surface area contributed by atoms with Gasteiger partial charge in [0, 0.05) is 4.47 Å². The van der Waals surface area contributed by atoms with Gasteiger partial charge in [-0.05, 0) is 47.5 Å². The molecule has 0 aromatic heterocycles. The molecule has 3 aromatic carbocycles. The van der Waals surface area contributed by atoms with Crippen LogP contribution in [-0.2, 0) is 4.79 Å². The zero-order chi connectivity index (χ0) is 17.8. The number of halogens is 2. The average molecular weight is 402 g/mol. The second-order valence-corrected chi connectivity index (χ2v) is 6.55. The van der Waals surface area contributed by atoms with E-state index in [1.54, 1.807) is 6.07 Å². The molecule has 3 rings (SSSR count). The second kappa shape index (κ2) is 7.66. The number of anilines is 1. The van der Waals surface area contributed by atoms with Gasteiger partial charge in [0.15, 0.2) is 6.10 Å². The van der Waals surface area contributed by atoms with Crippen molar-refractivity contribution in [3.05, 3.63) is 71.0 Å². The lowest BCUT2D eigenvalue weighted by molar-refractivity contribution is -0.122. The van der Waals surface area contributed by atoms with Crippen LogP contribution in [0.15, 0.2) is 65.1 Å². The molecule has 0 spiro atoms. The molecule has 0 aliphatic heterocycles.